The van der Waals surface area contributed by atoms with Gasteiger partial charge in [-0.1, -0.05) is 25.5 Å². The molecule has 0 spiro atoms. The molecule has 0 bridgehead atoms. The summed E-state index contributed by atoms with van der Waals surface area (Å²) in [5, 5.41) is 3.54. The van der Waals surface area contributed by atoms with Crippen molar-refractivity contribution in [2.24, 2.45) is 5.73 Å². The second-order valence-corrected chi connectivity index (χ2v) is 6.98. The lowest BCUT2D eigenvalue weighted by molar-refractivity contribution is 0.0998. The number of rotatable bonds is 8. The third kappa shape index (κ3) is 4.77. The van der Waals surface area contributed by atoms with E-state index in [1.165, 1.54) is 0 Å². The minimum absolute atomic E-state index is 0.0241. The molecule has 0 radical (unpaired) electrons. The second kappa shape index (κ2) is 8.86. The Kier molecular flexibility index (Phi) is 6.29. The molecule has 6 nitrogen and oxygen atoms in total. The SMILES string of the molecule is CCCCOc1ccc(CNC2CCCc3[nH]c(=O)c(C(N)=O)cc32)cc1. The number of carbonyl (C=O) groups excluding carboxylic acids is 1. The molecule has 0 aliphatic heterocycles. The van der Waals surface area contributed by atoms with Crippen molar-refractivity contribution in [1.82, 2.24) is 10.3 Å². The predicted molar refractivity (Wildman–Crippen MR) is 105 cm³/mol. The molecule has 1 aliphatic carbocycles. The lowest BCUT2D eigenvalue weighted by Crippen LogP contribution is -2.31. The molecule has 144 valence electrons. The molecular formula is C21H27N3O3. The minimum Gasteiger partial charge on any atom is -0.494 e. The highest BCUT2D eigenvalue weighted by atomic mass is 16.5. The van der Waals surface area contributed by atoms with Crippen LogP contribution in [-0.4, -0.2) is 17.5 Å². The van der Waals surface area contributed by atoms with Gasteiger partial charge in [-0.15, -0.1) is 0 Å². The van der Waals surface area contributed by atoms with E-state index in [2.05, 4.69) is 29.4 Å². The quantitative estimate of drug-likeness (QED) is 0.623. The first-order valence-electron chi connectivity index (χ1n) is 9.59. The summed E-state index contributed by atoms with van der Waals surface area (Å²) in [5.41, 5.74) is 7.97. The smallest absolute Gasteiger partial charge is 0.261 e. The van der Waals surface area contributed by atoms with E-state index in [-0.39, 0.29) is 11.6 Å². The van der Waals surface area contributed by atoms with E-state index in [1.54, 1.807) is 6.07 Å². The standard InChI is InChI=1S/C21H27N3O3/c1-2-3-11-27-15-9-7-14(8-10-15)13-23-18-5-4-6-19-16(18)12-17(20(22)25)21(26)24-19/h7-10,12,18,23H,2-6,11,13H2,1H3,(H2,22,25)(H,24,26). The number of pyridine rings is 1. The number of H-pyrrole nitrogens is 1. The molecule has 1 aromatic carbocycles. The zero-order valence-electron chi connectivity index (χ0n) is 15.7. The van der Waals surface area contributed by atoms with Gasteiger partial charge in [0.1, 0.15) is 11.3 Å². The van der Waals surface area contributed by atoms with Crippen LogP contribution < -0.4 is 21.3 Å². The normalized spacial score (nSPS) is 16.0. The minimum atomic E-state index is -0.693. The molecule has 6 heteroatoms. The summed E-state index contributed by atoms with van der Waals surface area (Å²) in [6.45, 7) is 3.58. The number of primary amides is 1. The number of fused-ring (bicyclic) bond motifs is 1. The number of carbonyl (C=O) groups is 1. The predicted octanol–water partition coefficient (Wildman–Crippen LogP) is 2.82. The molecule has 4 N–H and O–H groups in total. The van der Waals surface area contributed by atoms with Crippen molar-refractivity contribution >= 4 is 5.91 Å². The van der Waals surface area contributed by atoms with Crippen LogP contribution in [-0.2, 0) is 13.0 Å². The van der Waals surface area contributed by atoms with Gasteiger partial charge < -0.3 is 20.8 Å². The maximum atomic E-state index is 12.0. The maximum absolute atomic E-state index is 12.0. The van der Waals surface area contributed by atoms with E-state index in [0.29, 0.717) is 6.54 Å². The summed E-state index contributed by atoms with van der Waals surface area (Å²) in [5.74, 6) is 0.195. The summed E-state index contributed by atoms with van der Waals surface area (Å²) in [6, 6.07) is 9.83. The molecule has 2 aromatic rings. The topological polar surface area (TPSA) is 97.2 Å². The van der Waals surface area contributed by atoms with Crippen molar-refractivity contribution < 1.29 is 9.53 Å². The number of nitrogens with one attached hydrogen (secondary N) is 2. The van der Waals surface area contributed by atoms with E-state index in [0.717, 1.165) is 61.3 Å². The summed E-state index contributed by atoms with van der Waals surface area (Å²) in [4.78, 5) is 26.3. The number of hydrogen-bond donors (Lipinski definition) is 3. The fraction of sp³-hybridized carbons (Fsp3) is 0.429. The highest BCUT2D eigenvalue weighted by Crippen LogP contribution is 2.28. The molecule has 1 unspecified atom stereocenters. The second-order valence-electron chi connectivity index (χ2n) is 6.98. The maximum Gasteiger partial charge on any atom is 0.261 e. The van der Waals surface area contributed by atoms with Gasteiger partial charge in [-0.25, -0.2) is 0 Å². The molecule has 1 amide bonds. The zero-order valence-corrected chi connectivity index (χ0v) is 15.7. The Hall–Kier alpha value is -2.60. The average Bonchev–Trinajstić information content (AvgIpc) is 2.66. The number of benzene rings is 1. The third-order valence-electron chi connectivity index (χ3n) is 4.96. The number of hydrogen-bond acceptors (Lipinski definition) is 4. The molecule has 1 atom stereocenters. The van der Waals surface area contributed by atoms with Crippen molar-refractivity contribution in [1.29, 1.82) is 0 Å². The lowest BCUT2D eigenvalue weighted by Gasteiger charge is -2.26. The van der Waals surface area contributed by atoms with E-state index in [1.807, 2.05) is 12.1 Å². The van der Waals surface area contributed by atoms with E-state index in [9.17, 15) is 9.59 Å². The first kappa shape index (κ1) is 19.2. The number of aromatic nitrogens is 1. The van der Waals surface area contributed by atoms with Crippen molar-refractivity contribution in [3.63, 3.8) is 0 Å². The molecule has 3 rings (SSSR count). The Bertz CT molecular complexity index is 843. The molecular weight excluding hydrogens is 342 g/mol. The molecule has 1 heterocycles. The molecule has 0 saturated heterocycles. The molecule has 1 aliphatic rings. The van der Waals surface area contributed by atoms with Gasteiger partial charge in [0.2, 0.25) is 0 Å². The van der Waals surface area contributed by atoms with E-state index < -0.39 is 11.5 Å². The van der Waals surface area contributed by atoms with Crippen LogP contribution in [0.25, 0.3) is 0 Å². The Balaban J connectivity index is 1.66. The van der Waals surface area contributed by atoms with Crippen LogP contribution in [0.4, 0.5) is 0 Å². The first-order valence-corrected chi connectivity index (χ1v) is 9.59. The Morgan fingerprint density at radius 1 is 1.33 bits per heavy atom. The van der Waals surface area contributed by atoms with Crippen LogP contribution in [0.2, 0.25) is 0 Å². The van der Waals surface area contributed by atoms with Crippen LogP contribution in [0.15, 0.2) is 35.1 Å². The Labute approximate surface area is 159 Å². The Morgan fingerprint density at radius 2 is 2.11 bits per heavy atom. The summed E-state index contributed by atoms with van der Waals surface area (Å²) in [6.07, 6.45) is 4.93. The van der Waals surface area contributed by atoms with E-state index in [4.69, 9.17) is 10.5 Å². The highest BCUT2D eigenvalue weighted by Gasteiger charge is 2.23. The average molecular weight is 369 g/mol. The van der Waals surface area contributed by atoms with Crippen molar-refractivity contribution in [3.8, 4) is 5.75 Å². The van der Waals surface area contributed by atoms with Crippen LogP contribution in [0.5, 0.6) is 5.75 Å². The van der Waals surface area contributed by atoms with Crippen molar-refractivity contribution in [2.75, 3.05) is 6.61 Å². The van der Waals surface area contributed by atoms with Gasteiger partial charge in [0.05, 0.1) is 6.61 Å². The number of aromatic amines is 1. The summed E-state index contributed by atoms with van der Waals surface area (Å²) in [7, 11) is 0. The zero-order chi connectivity index (χ0) is 19.2. The molecule has 1 aromatic heterocycles. The van der Waals surface area contributed by atoms with Crippen molar-refractivity contribution in [2.45, 2.75) is 51.6 Å². The largest absolute Gasteiger partial charge is 0.494 e. The van der Waals surface area contributed by atoms with Crippen LogP contribution in [0.3, 0.4) is 0 Å². The fourth-order valence-electron chi connectivity index (χ4n) is 3.41. The molecule has 27 heavy (non-hydrogen) atoms. The number of amides is 1. The summed E-state index contributed by atoms with van der Waals surface area (Å²) < 4.78 is 5.69. The number of nitrogens with two attached hydrogens (primary N) is 1. The first-order chi connectivity index (χ1) is 13.1. The fourth-order valence-corrected chi connectivity index (χ4v) is 3.41. The summed E-state index contributed by atoms with van der Waals surface area (Å²) >= 11 is 0. The van der Waals surface area contributed by atoms with Gasteiger partial charge in [0, 0.05) is 18.3 Å². The van der Waals surface area contributed by atoms with Gasteiger partial charge in [0.15, 0.2) is 0 Å². The monoisotopic (exact) mass is 369 g/mol. The number of unbranched alkanes of at least 4 members (excludes halogenated alkanes) is 1. The van der Waals surface area contributed by atoms with Gasteiger partial charge >= 0.3 is 0 Å². The Morgan fingerprint density at radius 3 is 2.81 bits per heavy atom. The highest BCUT2D eigenvalue weighted by molar-refractivity contribution is 5.92. The van der Waals surface area contributed by atoms with Gasteiger partial charge in [0.25, 0.3) is 11.5 Å². The number of aryl methyl sites for hydroxylation is 1. The van der Waals surface area contributed by atoms with E-state index >= 15 is 0 Å². The molecule has 0 saturated carbocycles. The van der Waals surface area contributed by atoms with Gasteiger partial charge in [-0.2, -0.15) is 0 Å². The number of ether oxygens (including phenoxy) is 1. The van der Waals surface area contributed by atoms with Crippen LogP contribution in [0.1, 0.15) is 65.8 Å². The third-order valence-corrected chi connectivity index (χ3v) is 4.96. The lowest BCUT2D eigenvalue weighted by atomic mass is 9.90. The van der Waals surface area contributed by atoms with Crippen LogP contribution in [0, 0.1) is 0 Å². The van der Waals surface area contributed by atoms with Gasteiger partial charge in [-0.05, 0) is 55.0 Å². The van der Waals surface area contributed by atoms with Crippen LogP contribution >= 0.6 is 0 Å². The molecule has 0 fully saturated rings. The van der Waals surface area contributed by atoms with Gasteiger partial charge in [-0.3, -0.25) is 9.59 Å². The van der Waals surface area contributed by atoms with Crippen molar-refractivity contribution in [3.05, 3.63) is 63.1 Å².